The number of hydrogen-bond acceptors (Lipinski definition) is 4. The number of benzene rings is 1. The molecule has 0 aliphatic carbocycles. The molecule has 0 unspecified atom stereocenters. The van der Waals surface area contributed by atoms with Crippen molar-refractivity contribution in [1.82, 2.24) is 20.5 Å². The number of anilines is 1. The van der Waals surface area contributed by atoms with E-state index in [1.165, 1.54) is 11.1 Å². The van der Waals surface area contributed by atoms with Gasteiger partial charge in [-0.25, -0.2) is 4.98 Å². The lowest BCUT2D eigenvalue weighted by Crippen LogP contribution is -2.45. The Bertz CT molecular complexity index is 794. The zero-order valence-corrected chi connectivity index (χ0v) is 18.2. The van der Waals surface area contributed by atoms with E-state index in [9.17, 15) is 0 Å². The van der Waals surface area contributed by atoms with Crippen LogP contribution in [0.3, 0.4) is 0 Å². The minimum absolute atomic E-state index is 0.0180. The summed E-state index contributed by atoms with van der Waals surface area (Å²) in [4.78, 5) is 13.7. The minimum Gasteiger partial charge on any atom is -0.356 e. The van der Waals surface area contributed by atoms with Gasteiger partial charge >= 0.3 is 0 Å². The molecule has 1 aliphatic heterocycles. The lowest BCUT2D eigenvalue weighted by atomic mass is 9.85. The van der Waals surface area contributed by atoms with Crippen molar-refractivity contribution >= 4 is 11.8 Å². The molecule has 156 valence electrons. The first-order valence-electron chi connectivity index (χ1n) is 10.4. The topological polar surface area (TPSA) is 55.8 Å². The molecule has 2 aromatic rings. The molecule has 1 fully saturated rings. The van der Waals surface area contributed by atoms with Gasteiger partial charge in [-0.3, -0.25) is 4.99 Å². The van der Waals surface area contributed by atoms with E-state index in [1.54, 1.807) is 0 Å². The van der Waals surface area contributed by atoms with Gasteiger partial charge in [0.15, 0.2) is 5.96 Å². The highest BCUT2D eigenvalue weighted by atomic mass is 15.3. The maximum atomic E-state index is 4.57. The Balaban J connectivity index is 1.54. The molecular weight excluding hydrogens is 360 g/mol. The highest BCUT2D eigenvalue weighted by Gasteiger charge is 2.20. The Morgan fingerprint density at radius 2 is 1.79 bits per heavy atom. The number of nitrogens with one attached hydrogen (secondary N) is 2. The molecule has 29 heavy (non-hydrogen) atoms. The van der Waals surface area contributed by atoms with Gasteiger partial charge in [0.1, 0.15) is 5.82 Å². The van der Waals surface area contributed by atoms with Crippen LogP contribution in [0.4, 0.5) is 5.82 Å². The molecule has 2 N–H and O–H groups in total. The van der Waals surface area contributed by atoms with Crippen LogP contribution in [-0.2, 0) is 12.0 Å². The first-order valence-corrected chi connectivity index (χ1v) is 10.4. The monoisotopic (exact) mass is 394 g/mol. The number of rotatable bonds is 6. The van der Waals surface area contributed by atoms with Gasteiger partial charge in [0, 0.05) is 57.9 Å². The van der Waals surface area contributed by atoms with Gasteiger partial charge < -0.3 is 20.4 Å². The highest BCUT2D eigenvalue weighted by Crippen LogP contribution is 2.21. The van der Waals surface area contributed by atoms with E-state index in [-0.39, 0.29) is 5.41 Å². The predicted molar refractivity (Wildman–Crippen MR) is 122 cm³/mol. The van der Waals surface area contributed by atoms with Crippen LogP contribution in [-0.4, -0.2) is 62.7 Å². The van der Waals surface area contributed by atoms with Crippen LogP contribution >= 0.6 is 0 Å². The van der Waals surface area contributed by atoms with Crippen molar-refractivity contribution in [2.45, 2.75) is 25.8 Å². The number of likely N-dealkylation sites (N-methyl/N-ethyl adjacent to an activating group) is 1. The molecule has 3 rings (SSSR count). The number of pyridine rings is 1. The average Bonchev–Trinajstić information content (AvgIpc) is 2.75. The van der Waals surface area contributed by atoms with Crippen LogP contribution in [0.5, 0.6) is 0 Å². The van der Waals surface area contributed by atoms with Crippen molar-refractivity contribution in [2.75, 3.05) is 51.7 Å². The molecule has 0 radical (unpaired) electrons. The second kappa shape index (κ2) is 9.74. The fraction of sp³-hybridized carbons (Fsp3) is 0.478. The summed E-state index contributed by atoms with van der Waals surface area (Å²) in [6.45, 7) is 10.2. The fourth-order valence-electron chi connectivity index (χ4n) is 3.48. The minimum atomic E-state index is 0.0180. The maximum Gasteiger partial charge on any atom is 0.191 e. The van der Waals surface area contributed by atoms with E-state index in [0.717, 1.165) is 44.5 Å². The Morgan fingerprint density at radius 3 is 2.48 bits per heavy atom. The van der Waals surface area contributed by atoms with Crippen molar-refractivity contribution < 1.29 is 0 Å². The zero-order valence-electron chi connectivity index (χ0n) is 18.2. The number of nitrogens with zero attached hydrogens (tertiary/aromatic N) is 4. The van der Waals surface area contributed by atoms with E-state index in [4.69, 9.17) is 0 Å². The number of guanidine groups is 1. The molecule has 6 nitrogen and oxygen atoms in total. The SMILES string of the molecule is CN=C(NCc1ccnc(N2CCN(C)CC2)c1)NCC(C)(C)c1ccccc1. The standard InChI is InChI=1S/C23H34N6/c1-23(2,20-8-6-5-7-9-20)18-27-22(24-3)26-17-19-10-11-25-21(16-19)29-14-12-28(4)13-15-29/h5-11,16H,12-15,17-18H2,1-4H3,(H2,24,26,27). The quantitative estimate of drug-likeness (QED) is 0.582. The molecule has 1 saturated heterocycles. The average molecular weight is 395 g/mol. The summed E-state index contributed by atoms with van der Waals surface area (Å²) < 4.78 is 0. The van der Waals surface area contributed by atoms with E-state index in [1.807, 2.05) is 13.2 Å². The van der Waals surface area contributed by atoms with E-state index in [2.05, 4.69) is 93.8 Å². The second-order valence-electron chi connectivity index (χ2n) is 8.34. The van der Waals surface area contributed by atoms with Crippen molar-refractivity contribution in [3.8, 4) is 0 Å². The molecule has 1 aromatic heterocycles. The van der Waals surface area contributed by atoms with Crippen LogP contribution in [0.25, 0.3) is 0 Å². The van der Waals surface area contributed by atoms with Crippen molar-refractivity contribution in [3.05, 3.63) is 59.8 Å². The molecule has 0 amide bonds. The number of hydrogen-bond donors (Lipinski definition) is 2. The van der Waals surface area contributed by atoms with E-state index in [0.29, 0.717) is 6.54 Å². The van der Waals surface area contributed by atoms with Crippen LogP contribution in [0.15, 0.2) is 53.7 Å². The van der Waals surface area contributed by atoms with Gasteiger partial charge in [-0.05, 0) is 30.3 Å². The number of aromatic nitrogens is 1. The normalized spacial score (nSPS) is 16.0. The summed E-state index contributed by atoms with van der Waals surface area (Å²) in [7, 11) is 3.98. The van der Waals surface area contributed by atoms with Crippen LogP contribution in [0.2, 0.25) is 0 Å². The van der Waals surface area contributed by atoms with Gasteiger partial charge in [0.05, 0.1) is 0 Å². The lowest BCUT2D eigenvalue weighted by Gasteiger charge is -2.33. The van der Waals surface area contributed by atoms with Gasteiger partial charge in [-0.2, -0.15) is 0 Å². The third-order valence-electron chi connectivity index (χ3n) is 5.57. The van der Waals surface area contributed by atoms with Gasteiger partial charge in [0.2, 0.25) is 0 Å². The van der Waals surface area contributed by atoms with Gasteiger partial charge in [0.25, 0.3) is 0 Å². The number of piperazine rings is 1. The van der Waals surface area contributed by atoms with Crippen molar-refractivity contribution in [3.63, 3.8) is 0 Å². The van der Waals surface area contributed by atoms with Crippen LogP contribution in [0.1, 0.15) is 25.0 Å². The van der Waals surface area contributed by atoms with Crippen LogP contribution < -0.4 is 15.5 Å². The largest absolute Gasteiger partial charge is 0.356 e. The first-order chi connectivity index (χ1) is 14.0. The van der Waals surface area contributed by atoms with E-state index >= 15 is 0 Å². The Morgan fingerprint density at radius 1 is 1.07 bits per heavy atom. The summed E-state index contributed by atoms with van der Waals surface area (Å²) in [6, 6.07) is 14.8. The maximum absolute atomic E-state index is 4.57. The fourth-order valence-corrected chi connectivity index (χ4v) is 3.48. The third kappa shape index (κ3) is 5.94. The molecule has 0 spiro atoms. The first kappa shape index (κ1) is 21.1. The van der Waals surface area contributed by atoms with Crippen molar-refractivity contribution in [2.24, 2.45) is 4.99 Å². The molecule has 0 atom stereocenters. The Kier molecular flexibility index (Phi) is 7.09. The van der Waals surface area contributed by atoms with E-state index < -0.39 is 0 Å². The van der Waals surface area contributed by atoms with Crippen LogP contribution in [0, 0.1) is 0 Å². The summed E-state index contributed by atoms with van der Waals surface area (Å²) in [6.07, 6.45) is 1.90. The smallest absolute Gasteiger partial charge is 0.191 e. The molecule has 1 aromatic carbocycles. The molecule has 2 heterocycles. The van der Waals surface area contributed by atoms with Gasteiger partial charge in [-0.15, -0.1) is 0 Å². The lowest BCUT2D eigenvalue weighted by molar-refractivity contribution is 0.312. The second-order valence-corrected chi connectivity index (χ2v) is 8.34. The van der Waals surface area contributed by atoms with Gasteiger partial charge in [-0.1, -0.05) is 44.2 Å². The number of aliphatic imine (C=N–C) groups is 1. The summed E-state index contributed by atoms with van der Waals surface area (Å²) >= 11 is 0. The predicted octanol–water partition coefficient (Wildman–Crippen LogP) is 2.48. The molecular formula is C23H34N6. The Hall–Kier alpha value is -2.60. The molecule has 0 bridgehead atoms. The molecule has 6 heteroatoms. The zero-order chi connectivity index (χ0) is 20.7. The third-order valence-corrected chi connectivity index (χ3v) is 5.57. The molecule has 1 aliphatic rings. The summed E-state index contributed by atoms with van der Waals surface area (Å²) in [5.41, 5.74) is 2.54. The van der Waals surface area contributed by atoms with Crippen molar-refractivity contribution in [1.29, 1.82) is 0 Å². The highest BCUT2D eigenvalue weighted by molar-refractivity contribution is 5.79. The summed E-state index contributed by atoms with van der Waals surface area (Å²) in [5, 5.41) is 6.90. The summed E-state index contributed by atoms with van der Waals surface area (Å²) in [5.74, 6) is 1.87. The molecule has 0 saturated carbocycles. The Labute approximate surface area is 175 Å².